The van der Waals surface area contributed by atoms with E-state index in [1.165, 1.54) is 31.0 Å². The second-order valence-corrected chi connectivity index (χ2v) is 9.33. The van der Waals surface area contributed by atoms with Gasteiger partial charge in [0.1, 0.15) is 10.7 Å². The number of benzene rings is 1. The van der Waals surface area contributed by atoms with Crippen LogP contribution in [0.1, 0.15) is 25.7 Å². The molecule has 9 heteroatoms. The van der Waals surface area contributed by atoms with Gasteiger partial charge in [-0.1, -0.05) is 18.6 Å². The Bertz CT molecular complexity index is 701. The van der Waals surface area contributed by atoms with E-state index in [1.807, 2.05) is 11.8 Å². The molecule has 0 saturated heterocycles. The molecule has 0 aromatic heterocycles. The van der Waals surface area contributed by atoms with Crippen molar-refractivity contribution in [2.45, 2.75) is 41.9 Å². The minimum absolute atomic E-state index is 0. The first-order chi connectivity index (χ1) is 12.0. The summed E-state index contributed by atoms with van der Waals surface area (Å²) in [5, 5.41) is 7.05. The second kappa shape index (κ2) is 11.3. The monoisotopic (exact) mass is 515 g/mol. The molecule has 1 aliphatic rings. The zero-order chi connectivity index (χ0) is 18.3. The van der Waals surface area contributed by atoms with Crippen LogP contribution >= 0.6 is 35.7 Å². The maximum absolute atomic E-state index is 13.7. The lowest BCUT2D eigenvalue weighted by Crippen LogP contribution is -2.46. The average molecular weight is 515 g/mol. The topological polar surface area (TPSA) is 70.6 Å². The molecule has 0 heterocycles. The van der Waals surface area contributed by atoms with Crippen molar-refractivity contribution in [2.75, 3.05) is 25.6 Å². The molecule has 0 aliphatic heterocycles. The molecular weight excluding hydrogens is 488 g/mol. The second-order valence-electron chi connectivity index (χ2n) is 6.11. The Hall–Kier alpha value is -0.550. The van der Waals surface area contributed by atoms with E-state index in [-0.39, 0.29) is 41.2 Å². The van der Waals surface area contributed by atoms with E-state index in [9.17, 15) is 12.8 Å². The number of halogens is 2. The summed E-state index contributed by atoms with van der Waals surface area (Å²) in [5.41, 5.74) is 0. The number of rotatable bonds is 6. The maximum atomic E-state index is 13.7. The molecule has 0 bridgehead atoms. The van der Waals surface area contributed by atoms with Crippen LogP contribution in [-0.2, 0) is 9.84 Å². The van der Waals surface area contributed by atoms with Gasteiger partial charge in [-0.15, -0.1) is 24.0 Å². The number of thioether (sulfide) groups is 1. The van der Waals surface area contributed by atoms with Crippen molar-refractivity contribution in [1.29, 1.82) is 0 Å². The summed E-state index contributed by atoms with van der Waals surface area (Å²) in [6.45, 7) is 0.176. The number of nitrogens with one attached hydrogen (secondary N) is 2. The summed E-state index contributed by atoms with van der Waals surface area (Å²) < 4.78 is 38.2. The van der Waals surface area contributed by atoms with E-state index in [1.54, 1.807) is 7.05 Å². The summed E-state index contributed by atoms with van der Waals surface area (Å²) in [4.78, 5) is 3.91. The highest BCUT2D eigenvalue weighted by atomic mass is 127. The molecule has 2 rings (SSSR count). The lowest BCUT2D eigenvalue weighted by atomic mass is 9.95. The Labute approximate surface area is 176 Å². The smallest absolute Gasteiger partial charge is 0.191 e. The van der Waals surface area contributed by atoms with Crippen molar-refractivity contribution >= 4 is 51.5 Å². The number of aliphatic imine (C=N–C) groups is 1. The fraction of sp³-hybridized carbons (Fsp3) is 0.588. The molecule has 1 aromatic rings. The van der Waals surface area contributed by atoms with Crippen molar-refractivity contribution in [1.82, 2.24) is 10.6 Å². The Morgan fingerprint density at radius 1 is 1.35 bits per heavy atom. The summed E-state index contributed by atoms with van der Waals surface area (Å²) in [6.07, 6.45) is 6.72. The van der Waals surface area contributed by atoms with Crippen LogP contribution in [-0.4, -0.2) is 51.3 Å². The molecular formula is C17H27FIN3O2S2. The van der Waals surface area contributed by atoms with Gasteiger partial charge in [0, 0.05) is 24.9 Å². The van der Waals surface area contributed by atoms with E-state index in [0.29, 0.717) is 17.3 Å². The van der Waals surface area contributed by atoms with Crippen LogP contribution < -0.4 is 10.6 Å². The van der Waals surface area contributed by atoms with E-state index >= 15 is 0 Å². The lowest BCUT2D eigenvalue weighted by molar-refractivity contribution is 0.419. The van der Waals surface area contributed by atoms with Crippen LogP contribution in [0.15, 0.2) is 34.2 Å². The fourth-order valence-corrected chi connectivity index (χ4v) is 5.06. The predicted molar refractivity (Wildman–Crippen MR) is 118 cm³/mol. The molecule has 0 radical (unpaired) electrons. The highest BCUT2D eigenvalue weighted by molar-refractivity contribution is 14.0. The highest BCUT2D eigenvalue weighted by Crippen LogP contribution is 2.26. The van der Waals surface area contributed by atoms with Crippen molar-refractivity contribution in [3.63, 3.8) is 0 Å². The van der Waals surface area contributed by atoms with Crippen LogP contribution in [0.4, 0.5) is 4.39 Å². The SMILES string of the molecule is CN=C(NCCS(=O)(=O)c1ccccc1F)NC1CCCC(SC)C1.I. The maximum Gasteiger partial charge on any atom is 0.191 e. The van der Waals surface area contributed by atoms with Crippen molar-refractivity contribution in [2.24, 2.45) is 4.99 Å². The van der Waals surface area contributed by atoms with Gasteiger partial charge in [-0.2, -0.15) is 11.8 Å². The van der Waals surface area contributed by atoms with Crippen LogP contribution in [0.25, 0.3) is 0 Å². The zero-order valence-electron chi connectivity index (χ0n) is 15.1. The van der Waals surface area contributed by atoms with E-state index < -0.39 is 15.7 Å². The fourth-order valence-electron chi connectivity index (χ4n) is 2.99. The molecule has 2 N–H and O–H groups in total. The average Bonchev–Trinajstić information content (AvgIpc) is 2.61. The summed E-state index contributed by atoms with van der Waals surface area (Å²) in [5.74, 6) is -0.307. The Kier molecular flexibility index (Phi) is 10.2. The summed E-state index contributed by atoms with van der Waals surface area (Å²) in [7, 11) is -2.00. The van der Waals surface area contributed by atoms with E-state index in [0.717, 1.165) is 18.9 Å². The van der Waals surface area contributed by atoms with Gasteiger partial charge in [0.25, 0.3) is 0 Å². The minimum atomic E-state index is -3.66. The molecule has 2 atom stereocenters. The number of hydrogen-bond donors (Lipinski definition) is 2. The normalized spacial score (nSPS) is 21.0. The van der Waals surface area contributed by atoms with Gasteiger partial charge >= 0.3 is 0 Å². The first-order valence-electron chi connectivity index (χ1n) is 8.43. The summed E-state index contributed by atoms with van der Waals surface area (Å²) >= 11 is 1.89. The third kappa shape index (κ3) is 6.88. The Morgan fingerprint density at radius 2 is 2.08 bits per heavy atom. The van der Waals surface area contributed by atoms with Gasteiger partial charge < -0.3 is 10.6 Å². The molecule has 1 fully saturated rings. The highest BCUT2D eigenvalue weighted by Gasteiger charge is 2.22. The first kappa shape index (κ1) is 23.5. The van der Waals surface area contributed by atoms with Crippen molar-refractivity contribution in [3.05, 3.63) is 30.1 Å². The number of nitrogens with zero attached hydrogens (tertiary/aromatic N) is 1. The van der Waals surface area contributed by atoms with Gasteiger partial charge in [0.05, 0.1) is 5.75 Å². The van der Waals surface area contributed by atoms with Gasteiger partial charge in [0.15, 0.2) is 15.8 Å². The third-order valence-corrected chi connectivity index (χ3v) is 7.20. The van der Waals surface area contributed by atoms with E-state index in [4.69, 9.17) is 0 Å². The Morgan fingerprint density at radius 3 is 2.73 bits per heavy atom. The van der Waals surface area contributed by atoms with E-state index in [2.05, 4.69) is 21.9 Å². The molecule has 5 nitrogen and oxygen atoms in total. The third-order valence-electron chi connectivity index (χ3n) is 4.36. The lowest BCUT2D eigenvalue weighted by Gasteiger charge is -2.29. The molecule has 0 spiro atoms. The Balaban J connectivity index is 0.00000338. The number of hydrogen-bond acceptors (Lipinski definition) is 4. The number of guanidine groups is 1. The van der Waals surface area contributed by atoms with Crippen LogP contribution in [0, 0.1) is 5.82 Å². The van der Waals surface area contributed by atoms with Gasteiger partial charge in [-0.25, -0.2) is 12.8 Å². The zero-order valence-corrected chi connectivity index (χ0v) is 19.0. The number of sulfone groups is 1. The summed E-state index contributed by atoms with van der Waals surface area (Å²) in [6, 6.07) is 5.80. The molecule has 1 saturated carbocycles. The first-order valence-corrected chi connectivity index (χ1v) is 11.4. The minimum Gasteiger partial charge on any atom is -0.355 e. The van der Waals surface area contributed by atoms with Gasteiger partial charge in [-0.05, 0) is 37.7 Å². The molecule has 1 aromatic carbocycles. The molecule has 1 aliphatic carbocycles. The van der Waals surface area contributed by atoms with Crippen LogP contribution in [0.3, 0.4) is 0 Å². The standard InChI is InChI=1S/C17H26FN3O2S2.HI/c1-19-17(21-13-6-5-7-14(12-13)24-2)20-10-11-25(22,23)16-9-4-3-8-15(16)18;/h3-4,8-9,13-14H,5-7,10-12H2,1-2H3,(H2,19,20,21);1H. The predicted octanol–water partition coefficient (Wildman–Crippen LogP) is 3.06. The van der Waals surface area contributed by atoms with Gasteiger partial charge in [0.2, 0.25) is 0 Å². The quantitative estimate of drug-likeness (QED) is 0.346. The van der Waals surface area contributed by atoms with Gasteiger partial charge in [-0.3, -0.25) is 4.99 Å². The molecule has 26 heavy (non-hydrogen) atoms. The van der Waals surface area contributed by atoms with Crippen molar-refractivity contribution in [3.8, 4) is 0 Å². The van der Waals surface area contributed by atoms with Crippen molar-refractivity contribution < 1.29 is 12.8 Å². The largest absolute Gasteiger partial charge is 0.355 e. The molecule has 0 amide bonds. The van der Waals surface area contributed by atoms with Crippen LogP contribution in [0.2, 0.25) is 0 Å². The molecule has 2 unspecified atom stereocenters. The van der Waals surface area contributed by atoms with Crippen LogP contribution in [0.5, 0.6) is 0 Å². The molecule has 148 valence electrons.